The van der Waals surface area contributed by atoms with Gasteiger partial charge >= 0.3 is 0 Å². The molecule has 0 saturated heterocycles. The molecule has 0 atom stereocenters. The third kappa shape index (κ3) is 11.1. The van der Waals surface area contributed by atoms with E-state index in [9.17, 15) is 4.79 Å². The summed E-state index contributed by atoms with van der Waals surface area (Å²) in [5.41, 5.74) is 1.30. The normalized spacial score (nSPS) is 11.3. The Hall–Kier alpha value is -1.15. The van der Waals surface area contributed by atoms with Crippen LogP contribution in [0.5, 0.6) is 0 Å². The molecule has 0 fully saturated rings. The molecule has 1 aromatic carbocycles. The first-order valence-corrected chi connectivity index (χ1v) is 8.65. The average Bonchev–Trinajstić information content (AvgIpc) is 2.48. The molecule has 2 nitrogen and oxygen atoms in total. The van der Waals surface area contributed by atoms with Crippen molar-refractivity contribution in [1.82, 2.24) is 4.90 Å². The number of rotatable bonds is 10. The maximum absolute atomic E-state index is 12.0. The molecule has 0 unspecified atom stereocenters. The number of unbranched alkanes of at least 4 members (excludes halogenated alkanes) is 2. The molecule has 0 aliphatic carbocycles. The molecule has 1 aromatic rings. The van der Waals surface area contributed by atoms with Gasteiger partial charge in [0, 0.05) is 12.0 Å². The molecular formula is C21H37NO. The van der Waals surface area contributed by atoms with E-state index < -0.39 is 0 Å². The molecule has 1 rings (SSSR count). The van der Waals surface area contributed by atoms with Crippen LogP contribution in [0.25, 0.3) is 0 Å². The summed E-state index contributed by atoms with van der Waals surface area (Å²) >= 11 is 0. The molecule has 0 radical (unpaired) electrons. The van der Waals surface area contributed by atoms with E-state index in [4.69, 9.17) is 0 Å². The Morgan fingerprint density at radius 3 is 2.09 bits per heavy atom. The lowest BCUT2D eigenvalue weighted by Crippen LogP contribution is -2.21. The summed E-state index contributed by atoms with van der Waals surface area (Å²) in [5, 5.41) is 0. The molecule has 0 N–H and O–H groups in total. The smallest absolute Gasteiger partial charge is 0.162 e. The number of nitrogens with zero attached hydrogens (tertiary/aromatic N) is 1. The molecule has 23 heavy (non-hydrogen) atoms. The van der Waals surface area contributed by atoms with Gasteiger partial charge in [0.1, 0.15) is 0 Å². The number of benzene rings is 1. The second-order valence-electron chi connectivity index (χ2n) is 7.57. The summed E-state index contributed by atoms with van der Waals surface area (Å²) in [6.07, 6.45) is 6.64. The first-order chi connectivity index (χ1) is 10.4. The standard InChI is InChI=1S/C20H33NO.CH4/c1-20(2,3)15-9-11-17-21(4)16-10-8-14-19(22)18-12-6-5-7-13-18;/h5-7,12-13H,8-11,14-17H2,1-4H3;1H4. The fourth-order valence-corrected chi connectivity index (χ4v) is 2.58. The summed E-state index contributed by atoms with van der Waals surface area (Å²) in [7, 11) is 2.19. The third-order valence-corrected chi connectivity index (χ3v) is 4.01. The predicted molar refractivity (Wildman–Crippen MR) is 102 cm³/mol. The highest BCUT2D eigenvalue weighted by molar-refractivity contribution is 5.95. The first-order valence-electron chi connectivity index (χ1n) is 8.65. The molecule has 0 aromatic heterocycles. The maximum atomic E-state index is 12.0. The first kappa shape index (κ1) is 21.9. The van der Waals surface area contributed by atoms with Crippen LogP contribution in [0.2, 0.25) is 0 Å². The van der Waals surface area contributed by atoms with Crippen molar-refractivity contribution in [3.8, 4) is 0 Å². The minimum atomic E-state index is 0. The third-order valence-electron chi connectivity index (χ3n) is 4.01. The van der Waals surface area contributed by atoms with Gasteiger partial charge < -0.3 is 4.90 Å². The summed E-state index contributed by atoms with van der Waals surface area (Å²) < 4.78 is 0. The zero-order valence-corrected chi connectivity index (χ0v) is 14.9. The minimum absolute atomic E-state index is 0. The van der Waals surface area contributed by atoms with Gasteiger partial charge in [0.2, 0.25) is 0 Å². The Bertz CT molecular complexity index is 419. The highest BCUT2D eigenvalue weighted by Crippen LogP contribution is 2.21. The molecule has 0 heterocycles. The van der Waals surface area contributed by atoms with Crippen molar-refractivity contribution in [1.29, 1.82) is 0 Å². The topological polar surface area (TPSA) is 20.3 Å². The van der Waals surface area contributed by atoms with Gasteiger partial charge in [0.25, 0.3) is 0 Å². The summed E-state index contributed by atoms with van der Waals surface area (Å²) in [5.74, 6) is 0.272. The summed E-state index contributed by atoms with van der Waals surface area (Å²) in [6.45, 7) is 9.18. The number of hydrogen-bond acceptors (Lipinski definition) is 2. The average molecular weight is 320 g/mol. The molecule has 0 amide bonds. The van der Waals surface area contributed by atoms with Gasteiger partial charge in [-0.15, -0.1) is 0 Å². The van der Waals surface area contributed by atoms with E-state index >= 15 is 0 Å². The van der Waals surface area contributed by atoms with Crippen LogP contribution in [0.3, 0.4) is 0 Å². The van der Waals surface area contributed by atoms with Gasteiger partial charge in [-0.3, -0.25) is 4.79 Å². The fourth-order valence-electron chi connectivity index (χ4n) is 2.58. The summed E-state index contributed by atoms with van der Waals surface area (Å²) in [6, 6.07) is 9.62. The SMILES string of the molecule is C.CN(CCCCC(=O)c1ccccc1)CCCCC(C)(C)C. The van der Waals surface area contributed by atoms with Gasteiger partial charge in [-0.05, 0) is 51.2 Å². The quantitative estimate of drug-likeness (QED) is 0.400. The molecule has 0 aliphatic heterocycles. The second kappa shape index (κ2) is 11.4. The van der Waals surface area contributed by atoms with Gasteiger partial charge in [0.05, 0.1) is 0 Å². The van der Waals surface area contributed by atoms with Crippen LogP contribution in [-0.4, -0.2) is 30.8 Å². The van der Waals surface area contributed by atoms with Crippen molar-refractivity contribution in [3.05, 3.63) is 35.9 Å². The molecule has 0 saturated carbocycles. The van der Waals surface area contributed by atoms with Gasteiger partial charge in [0.15, 0.2) is 5.78 Å². The Morgan fingerprint density at radius 2 is 1.52 bits per heavy atom. The molecule has 0 bridgehead atoms. The van der Waals surface area contributed by atoms with E-state index in [1.807, 2.05) is 30.3 Å². The van der Waals surface area contributed by atoms with E-state index in [1.165, 1.54) is 25.8 Å². The van der Waals surface area contributed by atoms with Crippen molar-refractivity contribution in [2.24, 2.45) is 5.41 Å². The van der Waals surface area contributed by atoms with Crippen molar-refractivity contribution < 1.29 is 4.79 Å². The second-order valence-corrected chi connectivity index (χ2v) is 7.57. The number of Topliss-reactive ketones (excluding diaryl/α,β-unsaturated/α-hetero) is 1. The molecule has 0 spiro atoms. The minimum Gasteiger partial charge on any atom is -0.306 e. The van der Waals surface area contributed by atoms with Gasteiger partial charge in [-0.25, -0.2) is 0 Å². The Balaban J connectivity index is 0.00000484. The molecular weight excluding hydrogens is 282 g/mol. The number of carbonyl (C=O) groups is 1. The molecule has 2 heteroatoms. The van der Waals surface area contributed by atoms with E-state index in [2.05, 4.69) is 32.7 Å². The molecule has 0 aliphatic rings. The number of ketones is 1. The van der Waals surface area contributed by atoms with Crippen molar-refractivity contribution in [2.75, 3.05) is 20.1 Å². The highest BCUT2D eigenvalue weighted by Gasteiger charge is 2.09. The van der Waals surface area contributed by atoms with Crippen LogP contribution < -0.4 is 0 Å². The van der Waals surface area contributed by atoms with E-state index in [0.29, 0.717) is 11.8 Å². The van der Waals surface area contributed by atoms with Crippen molar-refractivity contribution in [3.63, 3.8) is 0 Å². The monoisotopic (exact) mass is 319 g/mol. The Kier molecular flexibility index (Phi) is 10.8. The molecule has 132 valence electrons. The lowest BCUT2D eigenvalue weighted by Gasteiger charge is -2.20. The van der Waals surface area contributed by atoms with Crippen molar-refractivity contribution >= 4 is 5.78 Å². The van der Waals surface area contributed by atoms with Crippen LogP contribution in [0.4, 0.5) is 0 Å². The van der Waals surface area contributed by atoms with E-state index in [0.717, 1.165) is 24.9 Å². The van der Waals surface area contributed by atoms with E-state index in [1.54, 1.807) is 0 Å². The fraction of sp³-hybridized carbons (Fsp3) is 0.667. The zero-order chi connectivity index (χ0) is 16.4. The number of carbonyl (C=O) groups excluding carboxylic acids is 1. The largest absolute Gasteiger partial charge is 0.306 e. The lowest BCUT2D eigenvalue weighted by atomic mass is 9.90. The van der Waals surface area contributed by atoms with Crippen LogP contribution in [0, 0.1) is 5.41 Å². The maximum Gasteiger partial charge on any atom is 0.162 e. The number of hydrogen-bond donors (Lipinski definition) is 0. The van der Waals surface area contributed by atoms with Crippen LogP contribution in [-0.2, 0) is 0 Å². The van der Waals surface area contributed by atoms with Gasteiger partial charge in [-0.2, -0.15) is 0 Å². The summed E-state index contributed by atoms with van der Waals surface area (Å²) in [4.78, 5) is 14.4. The lowest BCUT2D eigenvalue weighted by molar-refractivity contribution is 0.0978. The van der Waals surface area contributed by atoms with Gasteiger partial charge in [-0.1, -0.05) is 65.0 Å². The van der Waals surface area contributed by atoms with Crippen LogP contribution in [0.15, 0.2) is 30.3 Å². The highest BCUT2D eigenvalue weighted by atomic mass is 16.1. The van der Waals surface area contributed by atoms with Crippen LogP contribution >= 0.6 is 0 Å². The van der Waals surface area contributed by atoms with Crippen LogP contribution in [0.1, 0.15) is 77.1 Å². The Morgan fingerprint density at radius 1 is 0.957 bits per heavy atom. The predicted octanol–water partition coefficient (Wildman–Crippen LogP) is 5.82. The van der Waals surface area contributed by atoms with Crippen molar-refractivity contribution in [2.45, 2.75) is 66.7 Å². The van der Waals surface area contributed by atoms with E-state index in [-0.39, 0.29) is 13.2 Å². The Labute approximate surface area is 144 Å². The zero-order valence-electron chi connectivity index (χ0n) is 14.9.